The number of nitrogens with one attached hydrogen (secondary N) is 3. The van der Waals surface area contributed by atoms with Gasteiger partial charge in [-0.15, -0.1) is 0 Å². The maximum atomic E-state index is 15.8. The van der Waals surface area contributed by atoms with Crippen LogP contribution in [0.5, 0.6) is 0 Å². The Hall–Kier alpha value is -2.97. The van der Waals surface area contributed by atoms with Gasteiger partial charge in [-0.25, -0.2) is 17.8 Å². The predicted octanol–water partition coefficient (Wildman–Crippen LogP) is 3.86. The molecular weight excluding hydrogens is 619 g/mol. The van der Waals surface area contributed by atoms with Crippen LogP contribution in [0.1, 0.15) is 16.8 Å². The highest BCUT2D eigenvalue weighted by molar-refractivity contribution is 9.10. The summed E-state index contributed by atoms with van der Waals surface area (Å²) in [6.07, 6.45) is 9.74. The van der Waals surface area contributed by atoms with E-state index in [1.54, 1.807) is 24.5 Å². The zero-order valence-corrected chi connectivity index (χ0v) is 24.7. The van der Waals surface area contributed by atoms with E-state index in [9.17, 15) is 8.42 Å². The Kier molecular flexibility index (Phi) is 8.20. The Morgan fingerprint density at radius 1 is 1.32 bits per heavy atom. The summed E-state index contributed by atoms with van der Waals surface area (Å²) in [5, 5.41) is 12.0. The van der Waals surface area contributed by atoms with Crippen LogP contribution in [0, 0.1) is 0 Å². The number of rotatable bonds is 9. The van der Waals surface area contributed by atoms with Crippen molar-refractivity contribution in [3.63, 3.8) is 0 Å². The van der Waals surface area contributed by atoms with Crippen molar-refractivity contribution in [3.8, 4) is 0 Å². The molecule has 9 nitrogen and oxygen atoms in total. The van der Waals surface area contributed by atoms with Gasteiger partial charge in [0.2, 0.25) is 4.58 Å². The van der Waals surface area contributed by atoms with Gasteiger partial charge < -0.3 is 20.7 Å². The molecule has 5 N–H and O–H groups in total. The van der Waals surface area contributed by atoms with E-state index in [-0.39, 0.29) is 12.4 Å². The van der Waals surface area contributed by atoms with Crippen LogP contribution in [-0.2, 0) is 26.8 Å². The van der Waals surface area contributed by atoms with Crippen LogP contribution < -0.4 is 21.7 Å². The number of aromatic nitrogens is 1. The van der Waals surface area contributed by atoms with E-state index in [4.69, 9.17) is 10.5 Å². The molecule has 3 unspecified atom stereocenters. The summed E-state index contributed by atoms with van der Waals surface area (Å²) < 4.78 is 42.6. The number of aliphatic imine (C=N–C) groups is 1. The van der Waals surface area contributed by atoms with Crippen LogP contribution in [0.15, 0.2) is 88.0 Å². The first kappa shape index (κ1) is 28.6. The van der Waals surface area contributed by atoms with Gasteiger partial charge in [-0.05, 0) is 33.6 Å². The number of fused-ring (bicyclic) bond motifs is 1. The van der Waals surface area contributed by atoms with Gasteiger partial charge in [-0.1, -0.05) is 54.2 Å². The summed E-state index contributed by atoms with van der Waals surface area (Å²) >= 11 is 4.63. The minimum absolute atomic E-state index is 0.0376. The lowest BCUT2D eigenvalue weighted by atomic mass is 9.83. The molecule has 210 valence electrons. The van der Waals surface area contributed by atoms with Crippen LogP contribution in [0.3, 0.4) is 0 Å². The molecule has 1 aromatic carbocycles. The number of thioether (sulfide) groups is 1. The van der Waals surface area contributed by atoms with Crippen molar-refractivity contribution in [1.29, 1.82) is 0 Å². The molecule has 0 spiro atoms. The van der Waals surface area contributed by atoms with Crippen LogP contribution >= 0.6 is 27.7 Å². The van der Waals surface area contributed by atoms with E-state index in [1.165, 1.54) is 30.4 Å². The molecule has 3 heterocycles. The first-order valence-corrected chi connectivity index (χ1v) is 16.1. The van der Waals surface area contributed by atoms with Gasteiger partial charge >= 0.3 is 0 Å². The number of nitrogens with zero attached hydrogens (tertiary/aromatic N) is 2. The molecule has 1 aromatic heterocycles. The van der Waals surface area contributed by atoms with E-state index in [1.807, 2.05) is 41.8 Å². The zero-order valence-electron chi connectivity index (χ0n) is 21.5. The summed E-state index contributed by atoms with van der Waals surface area (Å²) in [5.74, 6) is 0.0376. The number of pyridine rings is 1. The number of allylic oxidation sites excluding steroid dienone is 2. The smallest absolute Gasteiger partial charge is 0.213 e. The normalized spacial score (nSPS) is 26.5. The molecule has 5 rings (SSSR count). The van der Waals surface area contributed by atoms with Gasteiger partial charge in [0.1, 0.15) is 15.9 Å². The highest BCUT2D eigenvalue weighted by Gasteiger charge is 2.48. The second-order valence-corrected chi connectivity index (χ2v) is 13.9. The highest BCUT2D eigenvalue weighted by Crippen LogP contribution is 2.46. The van der Waals surface area contributed by atoms with Crippen molar-refractivity contribution in [1.82, 2.24) is 15.6 Å². The molecule has 1 aliphatic carbocycles. The molecule has 0 fully saturated rings. The van der Waals surface area contributed by atoms with Crippen molar-refractivity contribution in [2.75, 3.05) is 23.9 Å². The average molecular weight is 648 g/mol. The highest BCUT2D eigenvalue weighted by atomic mass is 79.9. The van der Waals surface area contributed by atoms with E-state index in [0.29, 0.717) is 29.1 Å². The monoisotopic (exact) mass is 646 g/mol. The largest absolute Gasteiger partial charge is 0.388 e. The minimum Gasteiger partial charge on any atom is -0.388 e. The Balaban J connectivity index is 1.39. The minimum atomic E-state index is -3.05. The van der Waals surface area contributed by atoms with Gasteiger partial charge in [0, 0.05) is 35.5 Å². The number of alkyl halides is 2. The molecule has 13 heteroatoms. The molecular formula is C27H28BrFN6O3S2. The molecule has 0 amide bonds. The molecule has 2 aliphatic heterocycles. The number of hydrogen-bond donors (Lipinski definition) is 4. The van der Waals surface area contributed by atoms with Gasteiger partial charge in [-0.2, -0.15) is 0 Å². The third-order valence-electron chi connectivity index (χ3n) is 6.42. The van der Waals surface area contributed by atoms with Crippen LogP contribution in [0.2, 0.25) is 0 Å². The van der Waals surface area contributed by atoms with Crippen molar-refractivity contribution in [3.05, 3.63) is 99.9 Å². The lowest BCUT2D eigenvalue weighted by Crippen LogP contribution is -2.49. The standard InChI is InChI=1S/C27H28BrFN6O3S2/c1-40(36,37)11-10-31-14-24-35-23(16-39-24)21-12-20-22(13-32-21)33-17-34-27(20,30)19-8-5-9-26(28,29)25(19)38-15-18-6-3-2-4-7-18/h2-9,12-14,16-17,25,31,35H,10-11,15,30H2,1H3,(H,33,34). The fourth-order valence-corrected chi connectivity index (χ4v) is 6.16. The van der Waals surface area contributed by atoms with Gasteiger partial charge in [0.15, 0.2) is 5.66 Å². The number of halogens is 2. The SMILES string of the molecule is CS(=O)(=O)CCNC=C1NC(c2cc3c(cn2)NC=NC3(N)C2=CC=CC(F)(Br)C2OCc2ccccc2)=CS1. The second kappa shape index (κ2) is 11.5. The van der Waals surface area contributed by atoms with Crippen molar-refractivity contribution in [2.45, 2.75) is 23.0 Å². The van der Waals surface area contributed by atoms with Crippen LogP contribution in [-0.4, -0.2) is 49.0 Å². The number of sulfone groups is 1. The molecule has 40 heavy (non-hydrogen) atoms. The number of benzene rings is 1. The third-order valence-corrected chi connectivity index (χ3v) is 8.87. The Morgan fingerprint density at radius 3 is 2.90 bits per heavy atom. The lowest BCUT2D eigenvalue weighted by Gasteiger charge is -2.40. The van der Waals surface area contributed by atoms with Crippen molar-refractivity contribution < 1.29 is 17.5 Å². The molecule has 0 saturated heterocycles. The molecule has 0 radical (unpaired) electrons. The number of anilines is 1. The summed E-state index contributed by atoms with van der Waals surface area (Å²) in [7, 11) is -3.05. The quantitative estimate of drug-likeness (QED) is 0.237. The van der Waals surface area contributed by atoms with Crippen LogP contribution in [0.25, 0.3) is 5.70 Å². The number of hydrogen-bond acceptors (Lipinski definition) is 10. The predicted molar refractivity (Wildman–Crippen MR) is 162 cm³/mol. The van der Waals surface area contributed by atoms with E-state index >= 15 is 4.39 Å². The Morgan fingerprint density at radius 2 is 2.12 bits per heavy atom. The lowest BCUT2D eigenvalue weighted by molar-refractivity contribution is 0.00692. The summed E-state index contributed by atoms with van der Waals surface area (Å²) in [5.41, 5.74) is 9.48. The van der Waals surface area contributed by atoms with Crippen molar-refractivity contribution in [2.24, 2.45) is 10.7 Å². The summed E-state index contributed by atoms with van der Waals surface area (Å²) in [4.78, 5) is 9.15. The molecule has 0 saturated carbocycles. The van der Waals surface area contributed by atoms with Crippen molar-refractivity contribution >= 4 is 55.3 Å². The van der Waals surface area contributed by atoms with Gasteiger partial charge in [0.05, 0.1) is 47.0 Å². The number of nitrogens with two attached hydrogens (primary N) is 1. The fourth-order valence-electron chi connectivity index (χ4n) is 4.40. The molecule has 3 aliphatic rings. The maximum absolute atomic E-state index is 15.8. The summed E-state index contributed by atoms with van der Waals surface area (Å²) in [6, 6.07) is 11.3. The topological polar surface area (TPSA) is 131 Å². The van der Waals surface area contributed by atoms with E-state index in [2.05, 4.69) is 41.9 Å². The maximum Gasteiger partial charge on any atom is 0.213 e. The Labute approximate surface area is 245 Å². The molecule has 3 atom stereocenters. The first-order chi connectivity index (χ1) is 19.1. The molecule has 2 aromatic rings. The third kappa shape index (κ3) is 6.33. The molecule has 0 bridgehead atoms. The fraction of sp³-hybridized carbons (Fsp3) is 0.259. The summed E-state index contributed by atoms with van der Waals surface area (Å²) in [6.45, 7) is 0.485. The second-order valence-electron chi connectivity index (χ2n) is 9.48. The van der Waals surface area contributed by atoms with E-state index in [0.717, 1.165) is 16.3 Å². The van der Waals surface area contributed by atoms with E-state index < -0.39 is 26.2 Å². The first-order valence-electron chi connectivity index (χ1n) is 12.3. The number of ether oxygens (including phenoxy) is 1. The van der Waals surface area contributed by atoms with Gasteiger partial charge in [-0.3, -0.25) is 10.7 Å². The average Bonchev–Trinajstić information content (AvgIpc) is 3.39. The van der Waals surface area contributed by atoms with Crippen LogP contribution in [0.4, 0.5) is 10.1 Å². The zero-order chi connectivity index (χ0) is 28.4. The Bertz CT molecular complexity index is 1540. The van der Waals surface area contributed by atoms with Gasteiger partial charge in [0.25, 0.3) is 0 Å².